The first-order valence-electron chi connectivity index (χ1n) is 7.84. The van der Waals surface area contributed by atoms with Gasteiger partial charge >= 0.3 is 0 Å². The van der Waals surface area contributed by atoms with Crippen molar-refractivity contribution < 1.29 is 13.2 Å². The highest BCUT2D eigenvalue weighted by atomic mass is 32.2. The zero-order valence-corrected chi connectivity index (χ0v) is 14.8. The summed E-state index contributed by atoms with van der Waals surface area (Å²) in [6, 6.07) is 14.0. The normalized spacial score (nSPS) is 12.9. The summed E-state index contributed by atoms with van der Waals surface area (Å²) in [5, 5.41) is 2.88. The first-order valence-corrected chi connectivity index (χ1v) is 9.90. The van der Waals surface area contributed by atoms with E-state index in [0.29, 0.717) is 17.0 Å². The summed E-state index contributed by atoms with van der Waals surface area (Å²) < 4.78 is 22.8. The number of carbonyl (C=O) groups is 1. The Morgan fingerprint density at radius 1 is 1.20 bits per heavy atom. The number of sulfone groups is 1. The number of nitrogens with one attached hydrogen (secondary N) is 2. The summed E-state index contributed by atoms with van der Waals surface area (Å²) in [5.74, 6) is 0.304. The zero-order valence-electron chi connectivity index (χ0n) is 14.0. The summed E-state index contributed by atoms with van der Waals surface area (Å²) in [6.07, 6.45) is 1.17. The minimum Gasteiger partial charge on any atom is -0.342 e. The van der Waals surface area contributed by atoms with Crippen LogP contribution in [0.1, 0.15) is 34.7 Å². The third-order valence-electron chi connectivity index (χ3n) is 3.78. The minimum absolute atomic E-state index is 0.0900. The molecule has 0 radical (unpaired) electrons. The van der Waals surface area contributed by atoms with E-state index in [1.807, 2.05) is 31.2 Å². The number of aromatic amines is 1. The molecule has 1 unspecified atom stereocenters. The number of para-hydroxylation sites is 2. The SMILES string of the molecule is CC(NC(=O)c1cccc(CS(C)(=O)=O)c1)c1nc2ccccc2[nH]1. The van der Waals surface area contributed by atoms with Gasteiger partial charge in [-0.1, -0.05) is 24.3 Å². The van der Waals surface area contributed by atoms with Crippen LogP contribution in [-0.2, 0) is 15.6 Å². The Hall–Kier alpha value is -2.67. The van der Waals surface area contributed by atoms with E-state index in [1.54, 1.807) is 24.3 Å². The Bertz CT molecular complexity index is 992. The van der Waals surface area contributed by atoms with Crippen LogP contribution < -0.4 is 5.32 Å². The van der Waals surface area contributed by atoms with Crippen molar-refractivity contribution in [3.8, 4) is 0 Å². The van der Waals surface area contributed by atoms with Crippen molar-refractivity contribution in [3.05, 3.63) is 65.5 Å². The molecule has 1 heterocycles. The second-order valence-corrected chi connectivity index (χ2v) is 8.24. The molecule has 0 saturated heterocycles. The van der Waals surface area contributed by atoms with Crippen molar-refractivity contribution in [2.24, 2.45) is 0 Å². The largest absolute Gasteiger partial charge is 0.342 e. The molecule has 2 N–H and O–H groups in total. The lowest BCUT2D eigenvalue weighted by Gasteiger charge is -2.12. The minimum atomic E-state index is -3.15. The Kier molecular flexibility index (Phi) is 4.59. The standard InChI is InChI=1S/C18H19N3O3S/c1-12(17-20-15-8-3-4-9-16(15)21-17)19-18(22)14-7-5-6-13(10-14)11-25(2,23)24/h3-10,12H,11H2,1-2H3,(H,19,22)(H,20,21). The molecule has 0 saturated carbocycles. The Labute approximate surface area is 146 Å². The number of aromatic nitrogens is 2. The summed E-state index contributed by atoms with van der Waals surface area (Å²) in [7, 11) is -3.15. The molecule has 0 fully saturated rings. The van der Waals surface area contributed by atoms with Gasteiger partial charge < -0.3 is 10.3 Å². The van der Waals surface area contributed by atoms with Crippen LogP contribution in [0.3, 0.4) is 0 Å². The molecule has 0 aliphatic heterocycles. The number of carbonyl (C=O) groups excluding carboxylic acids is 1. The van der Waals surface area contributed by atoms with Crippen LogP contribution in [0.5, 0.6) is 0 Å². The molecule has 7 heteroatoms. The second kappa shape index (κ2) is 6.68. The maximum absolute atomic E-state index is 12.5. The van der Waals surface area contributed by atoms with Crippen molar-refractivity contribution in [2.75, 3.05) is 6.26 Å². The highest BCUT2D eigenvalue weighted by Crippen LogP contribution is 2.16. The number of H-pyrrole nitrogens is 1. The molecule has 1 aromatic heterocycles. The van der Waals surface area contributed by atoms with E-state index in [2.05, 4.69) is 15.3 Å². The third kappa shape index (κ3) is 4.24. The lowest BCUT2D eigenvalue weighted by Crippen LogP contribution is -2.27. The van der Waals surface area contributed by atoms with Gasteiger partial charge in [-0.2, -0.15) is 0 Å². The van der Waals surface area contributed by atoms with E-state index in [0.717, 1.165) is 11.0 Å². The van der Waals surface area contributed by atoms with Gasteiger partial charge in [0, 0.05) is 11.8 Å². The van der Waals surface area contributed by atoms with Crippen LogP contribution >= 0.6 is 0 Å². The van der Waals surface area contributed by atoms with E-state index >= 15 is 0 Å². The second-order valence-electron chi connectivity index (χ2n) is 6.10. The van der Waals surface area contributed by atoms with Gasteiger partial charge in [-0.25, -0.2) is 13.4 Å². The summed E-state index contributed by atoms with van der Waals surface area (Å²) >= 11 is 0. The molecule has 0 aliphatic rings. The Morgan fingerprint density at radius 2 is 1.96 bits per heavy atom. The fraction of sp³-hybridized carbons (Fsp3) is 0.222. The van der Waals surface area contributed by atoms with E-state index in [9.17, 15) is 13.2 Å². The van der Waals surface area contributed by atoms with Crippen LogP contribution in [0.2, 0.25) is 0 Å². The molecule has 3 rings (SSSR count). The van der Waals surface area contributed by atoms with Gasteiger partial charge in [-0.3, -0.25) is 4.79 Å². The maximum Gasteiger partial charge on any atom is 0.251 e. The number of fused-ring (bicyclic) bond motifs is 1. The number of amides is 1. The average molecular weight is 357 g/mol. The lowest BCUT2D eigenvalue weighted by molar-refractivity contribution is 0.0938. The third-order valence-corrected chi connectivity index (χ3v) is 4.64. The van der Waals surface area contributed by atoms with Crippen molar-refractivity contribution >= 4 is 26.8 Å². The number of nitrogens with zero attached hydrogens (tertiary/aromatic N) is 1. The smallest absolute Gasteiger partial charge is 0.251 e. The molecule has 1 amide bonds. The molecule has 130 valence electrons. The highest BCUT2D eigenvalue weighted by Gasteiger charge is 2.15. The fourth-order valence-electron chi connectivity index (χ4n) is 2.63. The van der Waals surface area contributed by atoms with Crippen LogP contribution in [0.25, 0.3) is 11.0 Å². The summed E-state index contributed by atoms with van der Waals surface area (Å²) in [6.45, 7) is 1.84. The van der Waals surface area contributed by atoms with Gasteiger partial charge in [0.2, 0.25) is 0 Å². The number of imidazole rings is 1. The van der Waals surface area contributed by atoms with Crippen molar-refractivity contribution in [1.29, 1.82) is 0 Å². The van der Waals surface area contributed by atoms with Crippen LogP contribution in [0.15, 0.2) is 48.5 Å². The quantitative estimate of drug-likeness (QED) is 0.734. The van der Waals surface area contributed by atoms with Gasteiger partial charge in [0.25, 0.3) is 5.91 Å². The molecule has 1 atom stereocenters. The Morgan fingerprint density at radius 3 is 2.68 bits per heavy atom. The van der Waals surface area contributed by atoms with Crippen molar-refractivity contribution in [3.63, 3.8) is 0 Å². The van der Waals surface area contributed by atoms with Gasteiger partial charge in [-0.05, 0) is 36.8 Å². The van der Waals surface area contributed by atoms with Crippen LogP contribution in [0, 0.1) is 0 Å². The molecule has 2 aromatic carbocycles. The molecule has 3 aromatic rings. The topological polar surface area (TPSA) is 91.9 Å². The lowest BCUT2D eigenvalue weighted by atomic mass is 10.1. The first-order chi connectivity index (χ1) is 11.8. The number of benzene rings is 2. The predicted octanol–water partition coefficient (Wildman–Crippen LogP) is 2.60. The molecule has 0 aliphatic carbocycles. The summed E-state index contributed by atoms with van der Waals surface area (Å²) in [5.41, 5.74) is 2.76. The van der Waals surface area contributed by atoms with E-state index in [1.165, 1.54) is 6.26 Å². The first kappa shape index (κ1) is 17.2. The van der Waals surface area contributed by atoms with Crippen molar-refractivity contribution in [1.82, 2.24) is 15.3 Å². The van der Waals surface area contributed by atoms with Gasteiger partial charge in [-0.15, -0.1) is 0 Å². The van der Waals surface area contributed by atoms with Gasteiger partial charge in [0.1, 0.15) is 5.82 Å². The number of hydrogen-bond acceptors (Lipinski definition) is 4. The van der Waals surface area contributed by atoms with E-state index in [-0.39, 0.29) is 17.7 Å². The van der Waals surface area contributed by atoms with E-state index in [4.69, 9.17) is 0 Å². The highest BCUT2D eigenvalue weighted by molar-refractivity contribution is 7.89. The molecular weight excluding hydrogens is 338 g/mol. The maximum atomic E-state index is 12.5. The number of rotatable bonds is 5. The Balaban J connectivity index is 1.76. The average Bonchev–Trinajstić information content (AvgIpc) is 2.97. The predicted molar refractivity (Wildman–Crippen MR) is 97.0 cm³/mol. The summed E-state index contributed by atoms with van der Waals surface area (Å²) in [4.78, 5) is 20.1. The monoisotopic (exact) mass is 357 g/mol. The number of hydrogen-bond donors (Lipinski definition) is 2. The molecule has 6 nitrogen and oxygen atoms in total. The van der Waals surface area contributed by atoms with Crippen LogP contribution in [0.4, 0.5) is 0 Å². The van der Waals surface area contributed by atoms with Crippen molar-refractivity contribution in [2.45, 2.75) is 18.7 Å². The fourth-order valence-corrected chi connectivity index (χ4v) is 3.42. The van der Waals surface area contributed by atoms with Gasteiger partial charge in [0.15, 0.2) is 9.84 Å². The molecule has 25 heavy (non-hydrogen) atoms. The van der Waals surface area contributed by atoms with Crippen LogP contribution in [-0.4, -0.2) is 30.5 Å². The molecule has 0 bridgehead atoms. The zero-order chi connectivity index (χ0) is 18.0. The van der Waals surface area contributed by atoms with Gasteiger partial charge in [0.05, 0.1) is 22.8 Å². The molecular formula is C18H19N3O3S. The van der Waals surface area contributed by atoms with E-state index < -0.39 is 9.84 Å². The molecule has 0 spiro atoms.